The van der Waals surface area contributed by atoms with Crippen LogP contribution in [-0.4, -0.2) is 136 Å². The number of aliphatic hydroxyl groups is 1. The molecule has 25 heteroatoms. The number of carbonyl (C=O) groups excluding carboxylic acids is 8. The van der Waals surface area contributed by atoms with Gasteiger partial charge in [-0.2, -0.15) is 0 Å². The molecule has 6 atom stereocenters. The lowest BCUT2D eigenvalue weighted by Gasteiger charge is -2.39. The lowest BCUT2D eigenvalue weighted by Crippen LogP contribution is -2.62. The zero-order valence-electron chi connectivity index (χ0n) is 45.0. The number of aliphatic hydroxyl groups excluding tert-OH is 1. The lowest BCUT2D eigenvalue weighted by molar-refractivity contribution is -0.145. The molecule has 2 aromatic heterocycles. The average molecular weight is 1140 g/mol. The summed E-state index contributed by atoms with van der Waals surface area (Å²) in [5.74, 6) is -3.80. The SMILES string of the molecule is Cn1c(=O)n(C2CCC(=O)NC2=O)c2ccc(NCCCCCC(=O)N3CC[C@H]4CC[C@@H](C(=O)N[C@@H](CCC(N)O)C(=O)NC(c5ccccc5)c5ccccc5)N4C(=O)[C@@H](NC(=O)c4cc5cc(C(=O)P(=O)(O)O)ccc5[nH]4)C3)cc21. The van der Waals surface area contributed by atoms with Crippen molar-refractivity contribution in [3.8, 4) is 0 Å². The molecular weight excluding hydrogens is 1080 g/mol. The number of carbonyl (C=O) groups is 8. The van der Waals surface area contributed by atoms with E-state index in [-0.39, 0.29) is 85.8 Å². The third-order valence-corrected chi connectivity index (χ3v) is 16.3. The maximum absolute atomic E-state index is 15.1. The molecule has 3 aliphatic heterocycles. The predicted molar refractivity (Wildman–Crippen MR) is 301 cm³/mol. The second-order valence-corrected chi connectivity index (χ2v) is 22.6. The highest BCUT2D eigenvalue weighted by atomic mass is 31.2. The summed E-state index contributed by atoms with van der Waals surface area (Å²) < 4.78 is 14.6. The van der Waals surface area contributed by atoms with Gasteiger partial charge < -0.3 is 56.7 Å². The Hall–Kier alpha value is -8.28. The first kappa shape index (κ1) is 58.4. The maximum Gasteiger partial charge on any atom is 0.396 e. The molecule has 3 fully saturated rings. The number of imide groups is 1. The summed E-state index contributed by atoms with van der Waals surface area (Å²) >= 11 is 0. The number of hydrogen-bond acceptors (Lipinski definition) is 13. The van der Waals surface area contributed by atoms with Crippen molar-refractivity contribution in [1.29, 1.82) is 0 Å². The number of imidazole rings is 1. The number of H-pyrrole nitrogens is 1. The quantitative estimate of drug-likeness (QED) is 0.0214. The van der Waals surface area contributed by atoms with Gasteiger partial charge in [0, 0.05) is 67.7 Å². The van der Waals surface area contributed by atoms with Crippen LogP contribution in [-0.2, 0) is 40.4 Å². The first-order valence-corrected chi connectivity index (χ1v) is 28.9. The monoisotopic (exact) mass is 1140 g/mol. The molecule has 82 heavy (non-hydrogen) atoms. The van der Waals surface area contributed by atoms with Crippen molar-refractivity contribution in [2.75, 3.05) is 25.0 Å². The van der Waals surface area contributed by atoms with E-state index in [1.807, 2.05) is 66.7 Å². The van der Waals surface area contributed by atoms with Gasteiger partial charge in [-0.05, 0) is 105 Å². The van der Waals surface area contributed by atoms with Crippen molar-refractivity contribution in [2.24, 2.45) is 12.8 Å². The Bertz CT molecular complexity index is 3480. The number of amides is 7. The number of anilines is 1. The largest absolute Gasteiger partial charge is 0.396 e. The van der Waals surface area contributed by atoms with Crippen molar-refractivity contribution >= 4 is 82.1 Å². The van der Waals surface area contributed by atoms with Crippen LogP contribution >= 0.6 is 7.60 Å². The van der Waals surface area contributed by atoms with E-state index in [0.29, 0.717) is 55.2 Å². The molecule has 0 radical (unpaired) electrons. The molecule has 0 aliphatic carbocycles. The molecular formula is C57H66N11O13P. The minimum atomic E-state index is -5.13. The summed E-state index contributed by atoms with van der Waals surface area (Å²) in [4.78, 5) is 147. The van der Waals surface area contributed by atoms with E-state index >= 15 is 4.79 Å². The Kier molecular flexibility index (Phi) is 18.0. The minimum Gasteiger partial charge on any atom is -0.385 e. The van der Waals surface area contributed by atoms with Crippen LogP contribution in [0.5, 0.6) is 0 Å². The number of piperidine rings is 1. The van der Waals surface area contributed by atoms with Gasteiger partial charge in [-0.25, -0.2) is 4.79 Å². The Morgan fingerprint density at radius 1 is 0.805 bits per heavy atom. The number of hydrogen-bond donors (Lipinski definition) is 10. The molecule has 6 aromatic rings. The smallest absolute Gasteiger partial charge is 0.385 e. The molecule has 5 heterocycles. The molecule has 24 nitrogen and oxygen atoms in total. The van der Waals surface area contributed by atoms with Gasteiger partial charge in [0.25, 0.3) is 11.4 Å². The highest BCUT2D eigenvalue weighted by Gasteiger charge is 2.46. The number of nitrogens with two attached hydrogens (primary N) is 1. The van der Waals surface area contributed by atoms with Gasteiger partial charge in [-0.1, -0.05) is 67.1 Å². The fourth-order valence-electron chi connectivity index (χ4n) is 11.2. The van der Waals surface area contributed by atoms with Crippen LogP contribution in [0.2, 0.25) is 0 Å². The summed E-state index contributed by atoms with van der Waals surface area (Å²) in [6.07, 6.45) is 1.69. The second-order valence-electron chi connectivity index (χ2n) is 21.1. The van der Waals surface area contributed by atoms with Crippen LogP contribution in [0.25, 0.3) is 21.9 Å². The molecule has 3 saturated heterocycles. The topological polar surface area (TPSA) is 350 Å². The number of rotatable bonds is 21. The average Bonchev–Trinajstić information content (AvgIpc) is 3.56. The number of aromatic nitrogens is 3. The van der Waals surface area contributed by atoms with Crippen LogP contribution in [0.15, 0.2) is 108 Å². The summed E-state index contributed by atoms with van der Waals surface area (Å²) in [5.41, 5.74) is 7.40. The van der Waals surface area contributed by atoms with E-state index in [0.717, 1.165) is 16.8 Å². The first-order valence-electron chi connectivity index (χ1n) is 27.3. The van der Waals surface area contributed by atoms with Crippen LogP contribution in [0.1, 0.15) is 115 Å². The van der Waals surface area contributed by atoms with Gasteiger partial charge in [0.1, 0.15) is 36.1 Å². The van der Waals surface area contributed by atoms with Gasteiger partial charge in [-0.15, -0.1) is 0 Å². The summed E-state index contributed by atoms with van der Waals surface area (Å²) in [7, 11) is -3.51. The molecule has 0 bridgehead atoms. The fraction of sp³-hybridized carbons (Fsp3) is 0.386. The number of fused-ring (bicyclic) bond motifs is 3. The molecule has 0 spiro atoms. The second kappa shape index (κ2) is 25.2. The van der Waals surface area contributed by atoms with E-state index in [1.54, 1.807) is 19.2 Å². The Morgan fingerprint density at radius 2 is 1.52 bits per heavy atom. The molecule has 9 rings (SSSR count). The molecule has 7 amide bonds. The zero-order chi connectivity index (χ0) is 58.4. The lowest BCUT2D eigenvalue weighted by atomic mass is 9.98. The number of aryl methyl sites for hydroxylation is 1. The maximum atomic E-state index is 15.1. The normalized spacial score (nSPS) is 19.3. The third-order valence-electron chi connectivity index (χ3n) is 15.5. The summed E-state index contributed by atoms with van der Waals surface area (Å²) in [5, 5.41) is 24.7. The van der Waals surface area contributed by atoms with E-state index in [1.165, 1.54) is 43.2 Å². The van der Waals surface area contributed by atoms with Crippen LogP contribution in [0, 0.1) is 0 Å². The predicted octanol–water partition coefficient (Wildman–Crippen LogP) is 2.93. The zero-order valence-corrected chi connectivity index (χ0v) is 45.9. The molecule has 432 valence electrons. The molecule has 11 N–H and O–H groups in total. The molecule has 0 saturated carbocycles. The van der Waals surface area contributed by atoms with Gasteiger partial charge >= 0.3 is 13.3 Å². The number of benzene rings is 4. The Balaban J connectivity index is 0.884. The number of unbranched alkanes of at least 4 members (excludes halogenated alkanes) is 2. The van der Waals surface area contributed by atoms with Crippen LogP contribution in [0.3, 0.4) is 0 Å². The van der Waals surface area contributed by atoms with Crippen molar-refractivity contribution in [2.45, 2.75) is 113 Å². The van der Waals surface area contributed by atoms with Crippen LogP contribution in [0.4, 0.5) is 5.69 Å². The van der Waals surface area contributed by atoms with Gasteiger partial charge in [0.2, 0.25) is 35.4 Å². The Morgan fingerprint density at radius 3 is 2.21 bits per heavy atom. The van der Waals surface area contributed by atoms with E-state index in [9.17, 15) is 57.8 Å². The van der Waals surface area contributed by atoms with Crippen molar-refractivity contribution in [3.05, 3.63) is 136 Å². The van der Waals surface area contributed by atoms with Gasteiger partial charge in [0.15, 0.2) is 0 Å². The van der Waals surface area contributed by atoms with Gasteiger partial charge in [-0.3, -0.25) is 57.4 Å². The van der Waals surface area contributed by atoms with Crippen molar-refractivity contribution in [1.82, 2.24) is 45.2 Å². The fourth-order valence-corrected chi connectivity index (χ4v) is 11.7. The number of nitrogens with one attached hydrogen (secondary N) is 6. The molecule has 4 aromatic carbocycles. The standard InChI is InChI=1S/C57H66N11O13P/c1-65-46-31-37(17-21-43(46)68(57(65)78)45-23-25-48(70)63-54(45)75)59-27-10-4-9-15-49(71)66-28-26-38-18-22-44(53(74)61-40(20-24-47(58)69)51(72)64-50(33-11-5-2-6-12-33)34-13-7-3-8-14-34)67(38)55(76)42(32-66)62-52(73)41-30-36-29-35(16-19-39(36)60-41)56(77)82(79,80)81/h2-3,5-8,11-14,16-17,19,21,29-31,38,40,42,44-45,47,50,59-60,69H,4,9-10,15,18,20,22-28,32,58H2,1H3,(H,61,74)(H,62,73)(H,64,72)(H,63,70,75)(H2,79,80,81)/t38-,40+,42+,44+,45?,47?/m1/s1. The molecule has 2 unspecified atom stereocenters. The van der Waals surface area contributed by atoms with E-state index in [2.05, 4.69) is 31.6 Å². The minimum absolute atomic E-state index is 0.0488. The Labute approximate surface area is 470 Å². The van der Waals surface area contributed by atoms with Gasteiger partial charge in [0.05, 0.1) is 17.1 Å². The third kappa shape index (κ3) is 13.2. The number of aromatic amines is 1. The molecule has 3 aliphatic rings. The van der Waals surface area contributed by atoms with Crippen LogP contribution < -0.4 is 38.0 Å². The highest BCUT2D eigenvalue weighted by Crippen LogP contribution is 2.40. The highest BCUT2D eigenvalue weighted by molar-refractivity contribution is 7.70. The van der Waals surface area contributed by atoms with E-state index < -0.39 is 85.1 Å². The van der Waals surface area contributed by atoms with E-state index in [4.69, 9.17) is 5.73 Å². The summed E-state index contributed by atoms with van der Waals surface area (Å²) in [6.45, 7) is 0.436. The van der Waals surface area contributed by atoms with Crippen molar-refractivity contribution < 1.29 is 57.8 Å². The van der Waals surface area contributed by atoms with Crippen molar-refractivity contribution in [3.63, 3.8) is 0 Å². The number of nitrogens with zero attached hydrogens (tertiary/aromatic N) is 4. The first-order chi connectivity index (χ1) is 39.2. The summed E-state index contributed by atoms with van der Waals surface area (Å²) in [6, 6.07) is 23.4.